The number of nitrogens with one attached hydrogen (secondary N) is 2. The zero-order chi connectivity index (χ0) is 20.5. The van der Waals surface area contributed by atoms with E-state index in [2.05, 4.69) is 42.3 Å². The number of hydrazone groups is 1. The molecule has 30 heavy (non-hydrogen) atoms. The van der Waals surface area contributed by atoms with Crippen LogP contribution in [0.5, 0.6) is 0 Å². The zero-order valence-electron chi connectivity index (χ0n) is 17.3. The van der Waals surface area contributed by atoms with Gasteiger partial charge in [-0.25, -0.2) is 15.4 Å². The van der Waals surface area contributed by atoms with E-state index in [0.29, 0.717) is 17.0 Å². The topological polar surface area (TPSA) is 89.5 Å². The van der Waals surface area contributed by atoms with Gasteiger partial charge in [-0.05, 0) is 56.0 Å². The first-order valence-electron chi connectivity index (χ1n) is 10.7. The standard InChI is InChI=1S/C22H27N7O/c1-28-8-10-29(11-9-28)13-17-15-4-2-3-5-18(15)25-20(17)12-16-21(26-27-22(16)30)19-6-7-23-14-24-19/h6-7,12,14,25H,2-5,8-11,13H2,1H3,(H,27,30). The maximum atomic E-state index is 12.6. The molecular formula is C22H27N7O. The minimum Gasteiger partial charge on any atom is -0.358 e. The quantitative estimate of drug-likeness (QED) is 0.750. The lowest BCUT2D eigenvalue weighted by atomic mass is 9.93. The Morgan fingerprint density at radius 3 is 2.80 bits per heavy atom. The summed E-state index contributed by atoms with van der Waals surface area (Å²) in [7, 11) is 2.18. The average Bonchev–Trinajstić information content (AvgIpc) is 3.31. The summed E-state index contributed by atoms with van der Waals surface area (Å²) >= 11 is 0. The second kappa shape index (κ2) is 8.12. The Hall–Kier alpha value is -2.84. The Morgan fingerprint density at radius 2 is 2.00 bits per heavy atom. The molecular weight excluding hydrogens is 378 g/mol. The third-order valence-corrected chi connectivity index (χ3v) is 6.30. The van der Waals surface area contributed by atoms with E-state index in [4.69, 9.17) is 0 Å². The molecule has 2 N–H and O–H groups in total. The van der Waals surface area contributed by atoms with Crippen molar-refractivity contribution in [2.45, 2.75) is 32.2 Å². The summed E-state index contributed by atoms with van der Waals surface area (Å²) in [6.07, 6.45) is 9.73. The largest absolute Gasteiger partial charge is 0.358 e. The van der Waals surface area contributed by atoms with Crippen molar-refractivity contribution in [1.29, 1.82) is 0 Å². The number of piperazine rings is 1. The Bertz CT molecular complexity index is 1000. The monoisotopic (exact) mass is 405 g/mol. The van der Waals surface area contributed by atoms with Crippen LogP contribution in [0.25, 0.3) is 6.08 Å². The molecule has 1 fully saturated rings. The summed E-state index contributed by atoms with van der Waals surface area (Å²) in [6, 6.07) is 1.78. The Balaban J connectivity index is 1.51. The highest BCUT2D eigenvalue weighted by molar-refractivity contribution is 6.32. The minimum atomic E-state index is -0.193. The predicted octanol–water partition coefficient (Wildman–Crippen LogP) is 1.35. The molecule has 3 aliphatic rings. The van der Waals surface area contributed by atoms with Crippen LogP contribution in [0.2, 0.25) is 0 Å². The molecule has 2 aliphatic heterocycles. The number of H-pyrrole nitrogens is 1. The van der Waals surface area contributed by atoms with E-state index in [0.717, 1.165) is 51.3 Å². The molecule has 0 atom stereocenters. The van der Waals surface area contributed by atoms with Crippen LogP contribution < -0.4 is 5.43 Å². The van der Waals surface area contributed by atoms with Crippen LogP contribution in [0.1, 0.15) is 41.1 Å². The highest BCUT2D eigenvalue weighted by Gasteiger charge is 2.28. The SMILES string of the molecule is CN1CCN(Cc2c(C=C3C(=O)NN=C3c3ccncn3)[nH]c3c2CCCC3)CC1. The highest BCUT2D eigenvalue weighted by Crippen LogP contribution is 2.30. The summed E-state index contributed by atoms with van der Waals surface area (Å²) in [5.74, 6) is -0.193. The normalized spacial score (nSPS) is 21.6. The lowest BCUT2D eigenvalue weighted by molar-refractivity contribution is -0.116. The van der Waals surface area contributed by atoms with Crippen LogP contribution >= 0.6 is 0 Å². The van der Waals surface area contributed by atoms with Gasteiger partial charge in [0.2, 0.25) is 0 Å². The maximum absolute atomic E-state index is 12.6. The van der Waals surface area contributed by atoms with E-state index >= 15 is 0 Å². The van der Waals surface area contributed by atoms with Crippen LogP contribution in [0.4, 0.5) is 0 Å². The third-order valence-electron chi connectivity index (χ3n) is 6.30. The highest BCUT2D eigenvalue weighted by atomic mass is 16.2. The van der Waals surface area contributed by atoms with E-state index < -0.39 is 0 Å². The molecule has 1 amide bonds. The third kappa shape index (κ3) is 3.68. The van der Waals surface area contributed by atoms with E-state index in [1.165, 1.54) is 36.0 Å². The molecule has 8 heteroatoms. The van der Waals surface area contributed by atoms with Gasteiger partial charge in [0.1, 0.15) is 12.0 Å². The number of carbonyl (C=O) groups excluding carboxylic acids is 1. The van der Waals surface area contributed by atoms with Gasteiger partial charge in [0.15, 0.2) is 0 Å². The van der Waals surface area contributed by atoms with Crippen molar-refractivity contribution in [3.8, 4) is 0 Å². The van der Waals surface area contributed by atoms with Gasteiger partial charge in [-0.1, -0.05) is 0 Å². The molecule has 1 saturated heterocycles. The first-order chi connectivity index (χ1) is 14.7. The van der Waals surface area contributed by atoms with E-state index in [9.17, 15) is 4.79 Å². The number of likely N-dealkylation sites (N-methyl/N-ethyl adjacent to an activating group) is 1. The van der Waals surface area contributed by atoms with E-state index in [-0.39, 0.29) is 5.91 Å². The van der Waals surface area contributed by atoms with Crippen LogP contribution in [0.3, 0.4) is 0 Å². The number of aromatic nitrogens is 3. The first kappa shape index (κ1) is 19.1. The minimum absolute atomic E-state index is 0.193. The van der Waals surface area contributed by atoms with Gasteiger partial charge in [0, 0.05) is 50.3 Å². The van der Waals surface area contributed by atoms with Crippen molar-refractivity contribution in [2.75, 3.05) is 33.2 Å². The number of rotatable bonds is 4. The van der Waals surface area contributed by atoms with Gasteiger partial charge in [-0.2, -0.15) is 5.10 Å². The van der Waals surface area contributed by atoms with Crippen LogP contribution in [-0.2, 0) is 24.2 Å². The fourth-order valence-corrected chi connectivity index (χ4v) is 4.55. The number of amides is 1. The van der Waals surface area contributed by atoms with Crippen molar-refractivity contribution >= 4 is 17.7 Å². The van der Waals surface area contributed by atoms with Gasteiger partial charge < -0.3 is 9.88 Å². The number of hydrogen-bond donors (Lipinski definition) is 2. The number of aryl methyl sites for hydroxylation is 1. The lowest BCUT2D eigenvalue weighted by Crippen LogP contribution is -2.44. The van der Waals surface area contributed by atoms with Crippen molar-refractivity contribution in [3.63, 3.8) is 0 Å². The zero-order valence-corrected chi connectivity index (χ0v) is 17.3. The molecule has 4 heterocycles. The average molecular weight is 406 g/mol. The van der Waals surface area contributed by atoms with Gasteiger partial charge in [0.05, 0.1) is 11.3 Å². The molecule has 0 aromatic carbocycles. The van der Waals surface area contributed by atoms with Gasteiger partial charge in [0.25, 0.3) is 5.91 Å². The van der Waals surface area contributed by atoms with Crippen molar-refractivity contribution in [2.24, 2.45) is 5.10 Å². The smallest absolute Gasteiger partial charge is 0.273 e. The van der Waals surface area contributed by atoms with E-state index in [1.807, 2.05) is 6.08 Å². The Kier molecular flexibility index (Phi) is 5.18. The first-order valence-corrected chi connectivity index (χ1v) is 10.7. The summed E-state index contributed by atoms with van der Waals surface area (Å²) in [6.45, 7) is 5.24. The van der Waals surface area contributed by atoms with E-state index in [1.54, 1.807) is 12.3 Å². The molecule has 2 aromatic heterocycles. The lowest BCUT2D eigenvalue weighted by Gasteiger charge is -2.32. The Labute approximate surface area is 176 Å². The van der Waals surface area contributed by atoms with Crippen molar-refractivity contribution < 1.29 is 4.79 Å². The number of fused-ring (bicyclic) bond motifs is 1. The van der Waals surface area contributed by atoms with Crippen LogP contribution in [0.15, 0.2) is 29.3 Å². The second-order valence-corrected chi connectivity index (χ2v) is 8.31. The molecule has 0 bridgehead atoms. The van der Waals surface area contributed by atoms with Crippen molar-refractivity contribution in [1.82, 2.24) is 30.2 Å². The summed E-state index contributed by atoms with van der Waals surface area (Å²) in [5, 5.41) is 4.23. The van der Waals surface area contributed by atoms with Crippen LogP contribution in [0, 0.1) is 0 Å². The van der Waals surface area contributed by atoms with Gasteiger partial charge >= 0.3 is 0 Å². The predicted molar refractivity (Wildman–Crippen MR) is 115 cm³/mol. The fraction of sp³-hybridized carbons (Fsp3) is 0.455. The molecule has 156 valence electrons. The number of aromatic amines is 1. The Morgan fingerprint density at radius 1 is 1.17 bits per heavy atom. The molecule has 2 aromatic rings. The number of carbonyl (C=O) groups is 1. The summed E-state index contributed by atoms with van der Waals surface area (Å²) in [4.78, 5) is 29.4. The maximum Gasteiger partial charge on any atom is 0.273 e. The molecule has 0 unspecified atom stereocenters. The second-order valence-electron chi connectivity index (χ2n) is 8.31. The summed E-state index contributed by atoms with van der Waals surface area (Å²) in [5.41, 5.74) is 9.51. The van der Waals surface area contributed by atoms with Gasteiger partial charge in [-0.3, -0.25) is 9.69 Å². The molecule has 8 nitrogen and oxygen atoms in total. The van der Waals surface area contributed by atoms with Crippen molar-refractivity contribution in [3.05, 3.63) is 52.4 Å². The number of hydrogen-bond acceptors (Lipinski definition) is 6. The van der Waals surface area contributed by atoms with Crippen LogP contribution in [-0.4, -0.2) is 69.6 Å². The molecule has 0 spiro atoms. The summed E-state index contributed by atoms with van der Waals surface area (Å²) < 4.78 is 0. The molecule has 0 saturated carbocycles. The molecule has 1 aliphatic carbocycles. The van der Waals surface area contributed by atoms with Gasteiger partial charge in [-0.15, -0.1) is 0 Å². The molecule has 0 radical (unpaired) electrons. The fourth-order valence-electron chi connectivity index (χ4n) is 4.55. The number of nitrogens with zero attached hydrogens (tertiary/aromatic N) is 5. The molecule has 5 rings (SSSR count).